The molecule has 1 aromatic rings. The fraction of sp³-hybridized carbons (Fsp3) is 0.562. The Morgan fingerprint density at radius 2 is 2.09 bits per heavy atom. The average Bonchev–Trinajstić information content (AvgIpc) is 2.45. The third-order valence-electron chi connectivity index (χ3n) is 4.30. The molecule has 0 aliphatic heterocycles. The number of nitrogens with one attached hydrogen (secondary N) is 1. The maximum atomic E-state index is 13.9. The van der Waals surface area contributed by atoms with E-state index in [2.05, 4.69) is 5.32 Å². The van der Waals surface area contributed by atoms with Crippen LogP contribution in [0.5, 0.6) is 0 Å². The topological polar surface area (TPSA) is 89.3 Å². The van der Waals surface area contributed by atoms with Gasteiger partial charge in [-0.2, -0.15) is 0 Å². The van der Waals surface area contributed by atoms with Crippen LogP contribution in [0.15, 0.2) is 23.1 Å². The van der Waals surface area contributed by atoms with Crippen molar-refractivity contribution in [2.75, 3.05) is 6.26 Å². The maximum Gasteiger partial charge on any atom is 0.223 e. The molecule has 0 aromatic heterocycles. The molecule has 2 rings (SSSR count). The van der Waals surface area contributed by atoms with E-state index in [0.29, 0.717) is 12.0 Å². The number of carbonyl (C=O) groups excluding carboxylic acids is 1. The van der Waals surface area contributed by atoms with E-state index in [0.717, 1.165) is 31.6 Å². The van der Waals surface area contributed by atoms with Crippen LogP contribution in [0.3, 0.4) is 0 Å². The number of halogens is 1. The normalized spacial score (nSPS) is 23.3. The molecule has 1 saturated carbocycles. The molecule has 128 valence electrons. The zero-order valence-corrected chi connectivity index (χ0v) is 14.2. The molecule has 7 heteroatoms. The second kappa shape index (κ2) is 6.97. The van der Waals surface area contributed by atoms with E-state index < -0.39 is 21.7 Å². The van der Waals surface area contributed by atoms with Gasteiger partial charge in [-0.3, -0.25) is 4.79 Å². The molecule has 0 bridgehead atoms. The van der Waals surface area contributed by atoms with Gasteiger partial charge in [-0.05, 0) is 43.9 Å². The Kier molecular flexibility index (Phi) is 5.41. The van der Waals surface area contributed by atoms with Crippen molar-refractivity contribution in [2.45, 2.75) is 49.6 Å². The monoisotopic (exact) mass is 342 g/mol. The Labute approximate surface area is 136 Å². The lowest BCUT2D eigenvalue weighted by molar-refractivity contribution is -0.126. The Morgan fingerprint density at radius 1 is 1.39 bits per heavy atom. The van der Waals surface area contributed by atoms with E-state index in [9.17, 15) is 17.6 Å². The lowest BCUT2D eigenvalue weighted by Gasteiger charge is -2.27. The highest BCUT2D eigenvalue weighted by Gasteiger charge is 2.26. The molecule has 3 unspecified atom stereocenters. The first-order valence-corrected chi connectivity index (χ1v) is 9.63. The number of amides is 1. The quantitative estimate of drug-likeness (QED) is 0.875. The molecule has 1 aliphatic carbocycles. The van der Waals surface area contributed by atoms with Gasteiger partial charge in [-0.25, -0.2) is 12.8 Å². The fourth-order valence-electron chi connectivity index (χ4n) is 2.97. The standard InChI is InChI=1S/C16H23FN2O3S/c1-10(19-16(20)12-4-3-5-13(18)8-12)11-6-7-15(14(17)9-11)23(2,21)22/h6-7,9-10,12-13H,3-5,8,18H2,1-2H3,(H,19,20). The number of sulfone groups is 1. The second-order valence-corrected chi connectivity index (χ2v) is 8.30. The van der Waals surface area contributed by atoms with Crippen molar-refractivity contribution in [1.82, 2.24) is 5.32 Å². The van der Waals surface area contributed by atoms with Gasteiger partial charge in [-0.1, -0.05) is 12.5 Å². The molecule has 1 fully saturated rings. The molecular formula is C16H23FN2O3S. The van der Waals surface area contributed by atoms with Crippen LogP contribution in [0, 0.1) is 11.7 Å². The summed E-state index contributed by atoms with van der Waals surface area (Å²) < 4.78 is 36.8. The third kappa shape index (κ3) is 4.51. The van der Waals surface area contributed by atoms with Gasteiger partial charge in [0.05, 0.1) is 6.04 Å². The van der Waals surface area contributed by atoms with E-state index in [-0.39, 0.29) is 22.8 Å². The first-order chi connectivity index (χ1) is 10.7. The molecule has 0 saturated heterocycles. The molecule has 23 heavy (non-hydrogen) atoms. The Hall–Kier alpha value is -1.47. The van der Waals surface area contributed by atoms with E-state index >= 15 is 0 Å². The fourth-order valence-corrected chi connectivity index (χ4v) is 3.70. The summed E-state index contributed by atoms with van der Waals surface area (Å²) >= 11 is 0. The van der Waals surface area contributed by atoms with E-state index in [4.69, 9.17) is 5.73 Å². The number of nitrogens with two attached hydrogens (primary N) is 1. The van der Waals surface area contributed by atoms with Gasteiger partial charge in [0.1, 0.15) is 10.7 Å². The summed E-state index contributed by atoms with van der Waals surface area (Å²) in [6, 6.07) is 3.58. The third-order valence-corrected chi connectivity index (χ3v) is 5.43. The first kappa shape index (κ1) is 17.9. The highest BCUT2D eigenvalue weighted by atomic mass is 32.2. The van der Waals surface area contributed by atoms with E-state index in [1.807, 2.05) is 0 Å². The van der Waals surface area contributed by atoms with Gasteiger partial charge in [0.15, 0.2) is 9.84 Å². The summed E-state index contributed by atoms with van der Waals surface area (Å²) in [5.74, 6) is -0.993. The molecule has 3 atom stereocenters. The van der Waals surface area contributed by atoms with Gasteiger partial charge in [0.2, 0.25) is 5.91 Å². The molecule has 1 amide bonds. The summed E-state index contributed by atoms with van der Waals surface area (Å²) in [6.45, 7) is 1.75. The van der Waals surface area contributed by atoms with Crippen LogP contribution in [0.2, 0.25) is 0 Å². The highest BCUT2D eigenvalue weighted by Crippen LogP contribution is 2.25. The van der Waals surface area contributed by atoms with Crippen LogP contribution in [0.25, 0.3) is 0 Å². The number of carbonyl (C=O) groups is 1. The minimum Gasteiger partial charge on any atom is -0.349 e. The molecule has 5 nitrogen and oxygen atoms in total. The summed E-state index contributed by atoms with van der Waals surface area (Å²) in [4.78, 5) is 11.9. The van der Waals surface area contributed by atoms with Gasteiger partial charge < -0.3 is 11.1 Å². The van der Waals surface area contributed by atoms with Crippen LogP contribution >= 0.6 is 0 Å². The Balaban J connectivity index is 2.07. The number of benzene rings is 1. The summed E-state index contributed by atoms with van der Waals surface area (Å²) in [6.07, 6.45) is 4.32. The second-order valence-electron chi connectivity index (χ2n) is 6.32. The van der Waals surface area contributed by atoms with Gasteiger partial charge in [0, 0.05) is 18.2 Å². The van der Waals surface area contributed by atoms with Crippen molar-refractivity contribution >= 4 is 15.7 Å². The van der Waals surface area contributed by atoms with Gasteiger partial charge in [-0.15, -0.1) is 0 Å². The van der Waals surface area contributed by atoms with Gasteiger partial charge >= 0.3 is 0 Å². The molecular weight excluding hydrogens is 319 g/mol. The summed E-state index contributed by atoms with van der Waals surface area (Å²) in [5.41, 5.74) is 6.43. The molecule has 3 N–H and O–H groups in total. The van der Waals surface area contributed by atoms with Crippen molar-refractivity contribution in [3.05, 3.63) is 29.6 Å². The predicted molar refractivity (Wildman–Crippen MR) is 86.0 cm³/mol. The maximum absolute atomic E-state index is 13.9. The van der Waals surface area contributed by atoms with Crippen molar-refractivity contribution in [1.29, 1.82) is 0 Å². The molecule has 0 spiro atoms. The van der Waals surface area contributed by atoms with Crippen molar-refractivity contribution < 1.29 is 17.6 Å². The average molecular weight is 342 g/mol. The summed E-state index contributed by atoms with van der Waals surface area (Å²) in [7, 11) is -3.60. The van der Waals surface area contributed by atoms with Crippen molar-refractivity contribution in [2.24, 2.45) is 11.7 Å². The van der Waals surface area contributed by atoms with E-state index in [1.165, 1.54) is 12.1 Å². The largest absolute Gasteiger partial charge is 0.349 e. The number of hydrogen-bond donors (Lipinski definition) is 2. The van der Waals surface area contributed by atoms with Crippen molar-refractivity contribution in [3.63, 3.8) is 0 Å². The van der Waals surface area contributed by atoms with E-state index in [1.54, 1.807) is 6.92 Å². The minimum absolute atomic E-state index is 0.0568. The number of rotatable bonds is 4. The molecule has 1 aliphatic rings. The zero-order valence-electron chi connectivity index (χ0n) is 13.4. The molecule has 1 aromatic carbocycles. The zero-order chi connectivity index (χ0) is 17.2. The van der Waals surface area contributed by atoms with Crippen LogP contribution in [-0.4, -0.2) is 26.6 Å². The van der Waals surface area contributed by atoms with Crippen LogP contribution in [0.4, 0.5) is 4.39 Å². The van der Waals surface area contributed by atoms with Gasteiger partial charge in [0.25, 0.3) is 0 Å². The minimum atomic E-state index is -3.60. The number of hydrogen-bond acceptors (Lipinski definition) is 4. The summed E-state index contributed by atoms with van der Waals surface area (Å²) in [5, 5.41) is 2.86. The molecule has 0 heterocycles. The molecule has 0 radical (unpaired) electrons. The smallest absolute Gasteiger partial charge is 0.223 e. The van der Waals surface area contributed by atoms with Crippen LogP contribution in [-0.2, 0) is 14.6 Å². The van der Waals surface area contributed by atoms with Crippen LogP contribution < -0.4 is 11.1 Å². The SMILES string of the molecule is CC(NC(=O)C1CCCC(N)C1)c1ccc(S(C)(=O)=O)c(F)c1. The highest BCUT2D eigenvalue weighted by molar-refractivity contribution is 7.90. The predicted octanol–water partition coefficient (Wildman–Crippen LogP) is 1.92. The lowest BCUT2D eigenvalue weighted by atomic mass is 9.85. The van der Waals surface area contributed by atoms with Crippen molar-refractivity contribution in [3.8, 4) is 0 Å². The van der Waals surface area contributed by atoms with Crippen LogP contribution in [0.1, 0.15) is 44.2 Å². The lowest BCUT2D eigenvalue weighted by Crippen LogP contribution is -2.38. The first-order valence-electron chi connectivity index (χ1n) is 7.74. The Bertz CT molecular complexity index is 691. The Morgan fingerprint density at radius 3 is 2.65 bits per heavy atom.